The van der Waals surface area contributed by atoms with E-state index in [1.165, 1.54) is 7.11 Å². The fourth-order valence-corrected chi connectivity index (χ4v) is 2.24. The molecule has 1 N–H and O–H groups in total. The molecule has 0 radical (unpaired) electrons. The molecule has 1 atom stereocenters. The standard InChI is InChI=1S/C13H18F2N2O2/c1-17-6-5-10(8-17)16-9-3-4-11(18-2)12(7-9)19-13(14)15/h3-4,7,10,13,16H,5-6,8H2,1-2H3. The Morgan fingerprint density at radius 1 is 1.37 bits per heavy atom. The Morgan fingerprint density at radius 3 is 2.74 bits per heavy atom. The molecule has 1 unspecified atom stereocenters. The fourth-order valence-electron chi connectivity index (χ4n) is 2.24. The molecule has 1 heterocycles. The van der Waals surface area contributed by atoms with E-state index in [-0.39, 0.29) is 5.75 Å². The second-order valence-electron chi connectivity index (χ2n) is 4.64. The Morgan fingerprint density at radius 2 is 2.16 bits per heavy atom. The van der Waals surface area contributed by atoms with Gasteiger partial charge in [0.2, 0.25) is 0 Å². The van der Waals surface area contributed by atoms with Gasteiger partial charge in [0.25, 0.3) is 0 Å². The number of likely N-dealkylation sites (tertiary alicyclic amines) is 1. The molecule has 1 aromatic carbocycles. The predicted octanol–water partition coefficient (Wildman–Crippen LogP) is 2.41. The second-order valence-corrected chi connectivity index (χ2v) is 4.64. The molecule has 0 amide bonds. The molecule has 0 bridgehead atoms. The number of alkyl halides is 2. The molecule has 1 saturated heterocycles. The van der Waals surface area contributed by atoms with Crippen LogP contribution in [-0.4, -0.2) is 44.8 Å². The first-order valence-corrected chi connectivity index (χ1v) is 6.16. The third-order valence-electron chi connectivity index (χ3n) is 3.14. The monoisotopic (exact) mass is 272 g/mol. The average Bonchev–Trinajstić information content (AvgIpc) is 2.74. The molecule has 6 heteroatoms. The van der Waals surface area contributed by atoms with E-state index in [2.05, 4.69) is 22.0 Å². The number of nitrogens with zero attached hydrogens (tertiary/aromatic N) is 1. The molecule has 4 nitrogen and oxygen atoms in total. The van der Waals surface area contributed by atoms with Crippen molar-refractivity contribution in [3.05, 3.63) is 18.2 Å². The van der Waals surface area contributed by atoms with Gasteiger partial charge < -0.3 is 19.7 Å². The quantitative estimate of drug-likeness (QED) is 0.892. The maximum Gasteiger partial charge on any atom is 0.387 e. The largest absolute Gasteiger partial charge is 0.493 e. The number of nitrogens with one attached hydrogen (secondary N) is 1. The SMILES string of the molecule is COc1ccc(NC2CCN(C)C2)cc1OC(F)F. The van der Waals surface area contributed by atoms with E-state index in [0.29, 0.717) is 11.8 Å². The van der Waals surface area contributed by atoms with Crippen LogP contribution in [0.2, 0.25) is 0 Å². The van der Waals surface area contributed by atoms with Crippen molar-refractivity contribution in [2.45, 2.75) is 19.1 Å². The van der Waals surface area contributed by atoms with Crippen LogP contribution < -0.4 is 14.8 Å². The van der Waals surface area contributed by atoms with Crippen molar-refractivity contribution < 1.29 is 18.3 Å². The molecule has 106 valence electrons. The average molecular weight is 272 g/mol. The summed E-state index contributed by atoms with van der Waals surface area (Å²) in [6, 6.07) is 5.30. The highest BCUT2D eigenvalue weighted by molar-refractivity contribution is 5.55. The molecule has 1 aliphatic heterocycles. The summed E-state index contributed by atoms with van der Waals surface area (Å²) in [5, 5.41) is 3.31. The molecular weight excluding hydrogens is 254 g/mol. The highest BCUT2D eigenvalue weighted by Gasteiger charge is 2.19. The van der Waals surface area contributed by atoms with Gasteiger partial charge in [0, 0.05) is 24.3 Å². The summed E-state index contributed by atoms with van der Waals surface area (Å²) < 4.78 is 34.1. The van der Waals surface area contributed by atoms with Crippen LogP contribution in [0.4, 0.5) is 14.5 Å². The minimum Gasteiger partial charge on any atom is -0.493 e. The third-order valence-corrected chi connectivity index (χ3v) is 3.14. The number of benzene rings is 1. The maximum atomic E-state index is 12.3. The summed E-state index contributed by atoms with van der Waals surface area (Å²) in [6.07, 6.45) is 1.04. The van der Waals surface area contributed by atoms with Crippen LogP contribution in [0.25, 0.3) is 0 Å². The summed E-state index contributed by atoms with van der Waals surface area (Å²) in [7, 11) is 3.48. The molecule has 2 rings (SSSR count). The van der Waals surface area contributed by atoms with E-state index >= 15 is 0 Å². The molecular formula is C13H18F2N2O2. The highest BCUT2D eigenvalue weighted by Crippen LogP contribution is 2.32. The van der Waals surface area contributed by atoms with Crippen LogP contribution in [0.1, 0.15) is 6.42 Å². The Balaban J connectivity index is 2.08. The molecule has 1 aromatic rings. The van der Waals surface area contributed by atoms with Crippen molar-refractivity contribution in [1.29, 1.82) is 0 Å². The first kappa shape index (κ1) is 13.9. The van der Waals surface area contributed by atoms with Gasteiger partial charge in [-0.25, -0.2) is 0 Å². The summed E-state index contributed by atoms with van der Waals surface area (Å²) in [6.45, 7) is -0.882. The van der Waals surface area contributed by atoms with Gasteiger partial charge in [0.05, 0.1) is 7.11 Å². The van der Waals surface area contributed by atoms with Crippen LogP contribution in [0.3, 0.4) is 0 Å². The number of hydrogen-bond donors (Lipinski definition) is 1. The van der Waals surface area contributed by atoms with Crippen molar-refractivity contribution in [1.82, 2.24) is 4.90 Å². The van der Waals surface area contributed by atoms with Gasteiger partial charge in [-0.15, -0.1) is 0 Å². The summed E-state index contributed by atoms with van der Waals surface area (Å²) >= 11 is 0. The van der Waals surface area contributed by atoms with E-state index < -0.39 is 6.61 Å². The van der Waals surface area contributed by atoms with Gasteiger partial charge in [-0.1, -0.05) is 0 Å². The normalized spacial score (nSPS) is 19.7. The lowest BCUT2D eigenvalue weighted by molar-refractivity contribution is -0.0511. The number of hydrogen-bond acceptors (Lipinski definition) is 4. The van der Waals surface area contributed by atoms with E-state index in [9.17, 15) is 8.78 Å². The lowest BCUT2D eigenvalue weighted by atomic mass is 10.2. The Bertz CT molecular complexity index is 429. The maximum absolute atomic E-state index is 12.3. The Hall–Kier alpha value is -1.56. The lowest BCUT2D eigenvalue weighted by Gasteiger charge is -2.16. The predicted molar refractivity (Wildman–Crippen MR) is 69.2 cm³/mol. The van der Waals surface area contributed by atoms with E-state index in [4.69, 9.17) is 4.74 Å². The first-order chi connectivity index (χ1) is 9.08. The Kier molecular flexibility index (Phi) is 4.42. The molecule has 1 aliphatic rings. The second kappa shape index (κ2) is 6.06. The van der Waals surface area contributed by atoms with Crippen molar-refractivity contribution >= 4 is 5.69 Å². The minimum absolute atomic E-state index is 0.0499. The number of halogens is 2. The summed E-state index contributed by atoms with van der Waals surface area (Å²) in [5.41, 5.74) is 0.761. The molecule has 0 saturated carbocycles. The third kappa shape index (κ3) is 3.70. The number of anilines is 1. The summed E-state index contributed by atoms with van der Waals surface area (Å²) in [5.74, 6) is 0.350. The van der Waals surface area contributed by atoms with Gasteiger partial charge in [-0.05, 0) is 32.1 Å². The lowest BCUT2D eigenvalue weighted by Crippen LogP contribution is -2.23. The topological polar surface area (TPSA) is 33.7 Å². The van der Waals surface area contributed by atoms with Crippen molar-refractivity contribution in [2.24, 2.45) is 0 Å². The van der Waals surface area contributed by atoms with Crippen LogP contribution in [0, 0.1) is 0 Å². The molecule has 0 aromatic heterocycles. The fraction of sp³-hybridized carbons (Fsp3) is 0.538. The van der Waals surface area contributed by atoms with Gasteiger partial charge in [0.1, 0.15) is 0 Å². The smallest absolute Gasteiger partial charge is 0.387 e. The van der Waals surface area contributed by atoms with Crippen molar-refractivity contribution in [3.8, 4) is 11.5 Å². The van der Waals surface area contributed by atoms with Gasteiger partial charge in [-0.2, -0.15) is 8.78 Å². The zero-order valence-corrected chi connectivity index (χ0v) is 11.0. The first-order valence-electron chi connectivity index (χ1n) is 6.16. The van der Waals surface area contributed by atoms with Gasteiger partial charge >= 0.3 is 6.61 Å². The highest BCUT2D eigenvalue weighted by atomic mass is 19.3. The van der Waals surface area contributed by atoms with E-state index in [1.54, 1.807) is 18.2 Å². The number of ether oxygens (including phenoxy) is 2. The minimum atomic E-state index is -2.86. The van der Waals surface area contributed by atoms with Crippen molar-refractivity contribution in [2.75, 3.05) is 32.6 Å². The van der Waals surface area contributed by atoms with Crippen LogP contribution in [0.5, 0.6) is 11.5 Å². The number of methoxy groups -OCH3 is 1. The van der Waals surface area contributed by atoms with Crippen LogP contribution in [-0.2, 0) is 0 Å². The van der Waals surface area contributed by atoms with E-state index in [1.807, 2.05) is 0 Å². The molecule has 0 spiro atoms. The molecule has 0 aliphatic carbocycles. The van der Waals surface area contributed by atoms with Crippen molar-refractivity contribution in [3.63, 3.8) is 0 Å². The zero-order chi connectivity index (χ0) is 13.8. The van der Waals surface area contributed by atoms with Gasteiger partial charge in [-0.3, -0.25) is 0 Å². The molecule has 1 fully saturated rings. The molecule has 19 heavy (non-hydrogen) atoms. The Labute approximate surface area is 111 Å². The number of likely N-dealkylation sites (N-methyl/N-ethyl adjacent to an activating group) is 1. The summed E-state index contributed by atoms with van der Waals surface area (Å²) in [4.78, 5) is 2.22. The van der Waals surface area contributed by atoms with Gasteiger partial charge in [0.15, 0.2) is 11.5 Å². The van der Waals surface area contributed by atoms with Crippen LogP contribution >= 0.6 is 0 Å². The van der Waals surface area contributed by atoms with Crippen LogP contribution in [0.15, 0.2) is 18.2 Å². The zero-order valence-electron chi connectivity index (χ0n) is 11.0. The van der Waals surface area contributed by atoms with E-state index in [0.717, 1.165) is 25.2 Å². The number of rotatable bonds is 5.